The molecule has 0 spiro atoms. The molecule has 0 saturated carbocycles. The molecule has 8 heteroatoms. The molecule has 198 valence electrons. The summed E-state index contributed by atoms with van der Waals surface area (Å²) < 4.78 is 7.65. The van der Waals surface area contributed by atoms with Crippen LogP contribution in [0.3, 0.4) is 0 Å². The fraction of sp³-hybridized carbons (Fsp3) is 0.0625. The highest BCUT2D eigenvalue weighted by Gasteiger charge is 2.14. The highest BCUT2D eigenvalue weighted by Crippen LogP contribution is 2.25. The van der Waals surface area contributed by atoms with Crippen LogP contribution in [0, 0.1) is 6.92 Å². The molecule has 2 amide bonds. The highest BCUT2D eigenvalue weighted by molar-refractivity contribution is 6.39. The van der Waals surface area contributed by atoms with Gasteiger partial charge in [0.1, 0.15) is 18.1 Å². The number of para-hydroxylation sites is 1. The smallest absolute Gasteiger partial charge is 0.329 e. The number of amides is 2. The Kier molecular flexibility index (Phi) is 8.07. The first-order valence-electron chi connectivity index (χ1n) is 12.7. The van der Waals surface area contributed by atoms with Gasteiger partial charge in [0.15, 0.2) is 0 Å². The minimum atomic E-state index is -0.880. The Labute approximate surface area is 231 Å². The lowest BCUT2D eigenvalue weighted by molar-refractivity contribution is -0.136. The van der Waals surface area contributed by atoms with Crippen molar-refractivity contribution in [3.63, 3.8) is 0 Å². The second-order valence-corrected chi connectivity index (χ2v) is 9.03. The number of hydrogen-bond donors (Lipinski definition) is 2. The van der Waals surface area contributed by atoms with Crippen LogP contribution in [-0.2, 0) is 16.2 Å². The van der Waals surface area contributed by atoms with E-state index in [2.05, 4.69) is 15.8 Å². The number of nitrogens with zero attached hydrogens (tertiary/aromatic N) is 3. The lowest BCUT2D eigenvalue weighted by atomic mass is 10.1. The highest BCUT2D eigenvalue weighted by atomic mass is 16.5. The fourth-order valence-corrected chi connectivity index (χ4v) is 3.99. The number of ether oxygens (including phenoxy) is 1. The van der Waals surface area contributed by atoms with E-state index in [-0.39, 0.29) is 0 Å². The van der Waals surface area contributed by atoms with Gasteiger partial charge in [0.2, 0.25) is 0 Å². The van der Waals surface area contributed by atoms with Crippen LogP contribution in [0.15, 0.2) is 120 Å². The Morgan fingerprint density at radius 1 is 0.875 bits per heavy atom. The number of anilines is 1. The number of nitrogens with one attached hydrogen (secondary N) is 2. The summed E-state index contributed by atoms with van der Waals surface area (Å²) in [7, 11) is 0. The predicted octanol–water partition coefficient (Wildman–Crippen LogP) is 5.52. The first-order chi connectivity index (χ1) is 19.5. The Hall–Kier alpha value is -5.50. The number of hydrogen-bond acceptors (Lipinski definition) is 5. The van der Waals surface area contributed by atoms with Crippen molar-refractivity contribution in [1.82, 2.24) is 15.2 Å². The maximum Gasteiger partial charge on any atom is 0.329 e. The van der Waals surface area contributed by atoms with E-state index >= 15 is 0 Å². The molecule has 8 nitrogen and oxygen atoms in total. The van der Waals surface area contributed by atoms with Gasteiger partial charge in [0.25, 0.3) is 0 Å². The Morgan fingerprint density at radius 3 is 2.33 bits per heavy atom. The molecule has 0 radical (unpaired) electrons. The van der Waals surface area contributed by atoms with E-state index in [9.17, 15) is 9.59 Å². The summed E-state index contributed by atoms with van der Waals surface area (Å²) >= 11 is 0. The first-order valence-corrected chi connectivity index (χ1v) is 12.7. The maximum atomic E-state index is 12.3. The van der Waals surface area contributed by atoms with Gasteiger partial charge in [0, 0.05) is 23.0 Å². The van der Waals surface area contributed by atoms with Gasteiger partial charge in [-0.1, -0.05) is 60.7 Å². The van der Waals surface area contributed by atoms with Crippen molar-refractivity contribution in [1.29, 1.82) is 0 Å². The number of benzene rings is 4. The lowest BCUT2D eigenvalue weighted by Gasteiger charge is -2.07. The molecule has 5 rings (SSSR count). The number of carbonyl (C=O) groups is 2. The Bertz CT molecular complexity index is 1630. The molecule has 2 N–H and O–H groups in total. The molecule has 0 fully saturated rings. The van der Waals surface area contributed by atoms with Crippen LogP contribution in [0.2, 0.25) is 0 Å². The van der Waals surface area contributed by atoms with E-state index in [1.807, 2.05) is 104 Å². The summed E-state index contributed by atoms with van der Waals surface area (Å²) in [5.74, 6) is -0.957. The van der Waals surface area contributed by atoms with Crippen molar-refractivity contribution in [2.75, 3.05) is 5.32 Å². The number of carbonyl (C=O) groups excluding carboxylic acids is 2. The average Bonchev–Trinajstić information content (AvgIpc) is 3.41. The van der Waals surface area contributed by atoms with Gasteiger partial charge < -0.3 is 10.1 Å². The van der Waals surface area contributed by atoms with Gasteiger partial charge >= 0.3 is 11.8 Å². The Morgan fingerprint density at radius 2 is 1.60 bits per heavy atom. The zero-order chi connectivity index (χ0) is 27.7. The minimum absolute atomic E-state index is 0.470. The number of aromatic nitrogens is 2. The number of aryl methyl sites for hydroxylation is 1. The third-order valence-electron chi connectivity index (χ3n) is 5.99. The molecule has 0 atom stereocenters. The van der Waals surface area contributed by atoms with E-state index in [4.69, 9.17) is 9.84 Å². The van der Waals surface area contributed by atoms with Crippen LogP contribution in [0.1, 0.15) is 16.7 Å². The van der Waals surface area contributed by atoms with E-state index < -0.39 is 11.8 Å². The van der Waals surface area contributed by atoms with Crippen molar-refractivity contribution in [3.8, 4) is 22.7 Å². The van der Waals surface area contributed by atoms with Gasteiger partial charge in [0.05, 0.1) is 11.9 Å². The summed E-state index contributed by atoms with van der Waals surface area (Å²) in [6, 6.07) is 34.4. The predicted molar refractivity (Wildman–Crippen MR) is 155 cm³/mol. The first kappa shape index (κ1) is 26.1. The van der Waals surface area contributed by atoms with Crippen LogP contribution in [0.25, 0.3) is 16.9 Å². The van der Waals surface area contributed by atoms with Crippen molar-refractivity contribution in [2.24, 2.45) is 5.10 Å². The second-order valence-electron chi connectivity index (χ2n) is 9.03. The van der Waals surface area contributed by atoms with Crippen molar-refractivity contribution < 1.29 is 14.3 Å². The summed E-state index contributed by atoms with van der Waals surface area (Å²) in [5, 5.41) is 11.4. The molecule has 0 aliphatic rings. The van der Waals surface area contributed by atoms with Crippen LogP contribution in [0.5, 0.6) is 5.75 Å². The van der Waals surface area contributed by atoms with Gasteiger partial charge in [-0.2, -0.15) is 10.2 Å². The van der Waals surface area contributed by atoms with E-state index in [0.717, 1.165) is 28.1 Å². The zero-order valence-electron chi connectivity index (χ0n) is 21.8. The zero-order valence-corrected chi connectivity index (χ0v) is 21.8. The molecule has 0 bridgehead atoms. The molecule has 1 heterocycles. The molecular weight excluding hydrogens is 502 g/mol. The molecule has 4 aromatic carbocycles. The van der Waals surface area contributed by atoms with Crippen molar-refractivity contribution in [2.45, 2.75) is 13.5 Å². The van der Waals surface area contributed by atoms with Crippen LogP contribution < -0.4 is 15.5 Å². The molecule has 5 aromatic rings. The Balaban J connectivity index is 1.32. The summed E-state index contributed by atoms with van der Waals surface area (Å²) in [5.41, 5.74) is 7.90. The topological polar surface area (TPSA) is 97.6 Å². The monoisotopic (exact) mass is 529 g/mol. The van der Waals surface area contributed by atoms with Crippen LogP contribution in [-0.4, -0.2) is 27.8 Å². The standard InChI is InChI=1S/C32H27N5O3/c1-23-9-8-12-27(19-23)34-31(38)32(39)35-33-20-26-21-37(28-13-6-3-7-14-28)36-30(26)25-15-17-29(18-16-25)40-22-24-10-4-2-5-11-24/h2-21H,22H2,1H3,(H,34,38)(H,35,39)/b33-20-. The van der Waals surface area contributed by atoms with Crippen molar-refractivity contribution in [3.05, 3.63) is 132 Å². The molecule has 0 unspecified atom stereocenters. The second kappa shape index (κ2) is 12.4. The molecule has 0 aliphatic heterocycles. The number of hydrazone groups is 1. The third kappa shape index (κ3) is 6.68. The molecular formula is C32H27N5O3. The normalized spacial score (nSPS) is 10.8. The van der Waals surface area contributed by atoms with Crippen LogP contribution >= 0.6 is 0 Å². The molecule has 40 heavy (non-hydrogen) atoms. The van der Waals surface area contributed by atoms with Gasteiger partial charge in [-0.25, -0.2) is 10.1 Å². The van der Waals surface area contributed by atoms with E-state index in [0.29, 0.717) is 23.6 Å². The van der Waals surface area contributed by atoms with Crippen molar-refractivity contribution >= 4 is 23.7 Å². The lowest BCUT2D eigenvalue weighted by Crippen LogP contribution is -2.32. The van der Waals surface area contributed by atoms with Gasteiger partial charge in [-0.15, -0.1) is 0 Å². The minimum Gasteiger partial charge on any atom is -0.489 e. The quantitative estimate of drug-likeness (QED) is 0.157. The van der Waals surface area contributed by atoms with Crippen LogP contribution in [0.4, 0.5) is 5.69 Å². The molecule has 0 aliphatic carbocycles. The summed E-state index contributed by atoms with van der Waals surface area (Å²) in [4.78, 5) is 24.6. The SMILES string of the molecule is Cc1cccc(NC(=O)C(=O)N/N=C\c2cn(-c3ccccc3)nc2-c2ccc(OCc3ccccc3)cc2)c1. The number of rotatable bonds is 8. The maximum absolute atomic E-state index is 12.3. The van der Waals surface area contributed by atoms with E-state index in [1.54, 1.807) is 22.9 Å². The summed E-state index contributed by atoms with van der Waals surface area (Å²) in [6.45, 7) is 2.37. The van der Waals surface area contributed by atoms with Gasteiger partial charge in [-0.05, 0) is 66.6 Å². The largest absolute Gasteiger partial charge is 0.489 e. The average molecular weight is 530 g/mol. The third-order valence-corrected chi connectivity index (χ3v) is 5.99. The van der Waals surface area contributed by atoms with Gasteiger partial charge in [-0.3, -0.25) is 9.59 Å². The summed E-state index contributed by atoms with van der Waals surface area (Å²) in [6.07, 6.45) is 3.28. The van der Waals surface area contributed by atoms with E-state index in [1.165, 1.54) is 6.21 Å². The molecule has 1 aromatic heterocycles. The fourth-order valence-electron chi connectivity index (χ4n) is 3.99. The molecule has 0 saturated heterocycles.